The maximum atomic E-state index is 12.6. The van der Waals surface area contributed by atoms with E-state index in [2.05, 4.69) is 31.4 Å². The van der Waals surface area contributed by atoms with E-state index in [0.717, 1.165) is 51.1 Å². The Morgan fingerprint density at radius 1 is 0.974 bits per heavy atom. The Kier molecular flexibility index (Phi) is 9.17. The molecule has 1 saturated heterocycles. The van der Waals surface area contributed by atoms with E-state index < -0.39 is 0 Å². The smallest absolute Gasteiger partial charge is 0.220 e. The van der Waals surface area contributed by atoms with Gasteiger partial charge in [0.1, 0.15) is 0 Å². The molecule has 5 heteroatoms. The van der Waals surface area contributed by atoms with Gasteiger partial charge in [0.05, 0.1) is 12.2 Å². The van der Waals surface area contributed by atoms with Gasteiger partial charge in [-0.05, 0) is 136 Å². The van der Waals surface area contributed by atoms with Crippen LogP contribution in [0.3, 0.4) is 0 Å². The molecule has 0 aromatic heterocycles. The highest BCUT2D eigenvalue weighted by molar-refractivity contribution is 5.75. The molecule has 5 nitrogen and oxygen atoms in total. The predicted octanol–water partition coefficient (Wildman–Crippen LogP) is 5.82. The summed E-state index contributed by atoms with van der Waals surface area (Å²) in [6, 6.07) is 0.737. The number of unbranched alkanes of at least 4 members (excludes halogenated alkanes) is 2. The van der Waals surface area contributed by atoms with Crippen molar-refractivity contribution in [2.45, 2.75) is 142 Å². The summed E-state index contributed by atoms with van der Waals surface area (Å²) in [7, 11) is 0. The molecule has 4 N–H and O–H groups in total. The number of fused-ring (bicyclic) bond motifs is 5. The molecule has 0 spiro atoms. The molecular weight excluding hydrogens is 472 g/mol. The monoisotopic (exact) mass is 530 g/mol. The van der Waals surface area contributed by atoms with Crippen LogP contribution in [-0.4, -0.2) is 47.5 Å². The molecule has 0 aromatic rings. The van der Waals surface area contributed by atoms with E-state index in [1.165, 1.54) is 64.3 Å². The fourth-order valence-electron chi connectivity index (χ4n) is 10.7. The van der Waals surface area contributed by atoms with Crippen LogP contribution in [0.15, 0.2) is 0 Å². The molecule has 11 atom stereocenters. The van der Waals surface area contributed by atoms with Crippen LogP contribution in [0.5, 0.6) is 0 Å². The average Bonchev–Trinajstić information content (AvgIpc) is 3.53. The minimum atomic E-state index is -0.206. The number of hydrogen-bond donors (Lipinski definition) is 4. The highest BCUT2D eigenvalue weighted by Crippen LogP contribution is 2.68. The first-order valence-corrected chi connectivity index (χ1v) is 16.6. The van der Waals surface area contributed by atoms with Crippen LogP contribution in [0.2, 0.25) is 0 Å². The fourth-order valence-corrected chi connectivity index (χ4v) is 10.7. The Balaban J connectivity index is 1.08. The van der Waals surface area contributed by atoms with Crippen molar-refractivity contribution in [1.82, 2.24) is 10.6 Å². The number of amides is 1. The van der Waals surface area contributed by atoms with Gasteiger partial charge in [-0.1, -0.05) is 33.6 Å². The summed E-state index contributed by atoms with van der Waals surface area (Å²) in [4.78, 5) is 12.6. The van der Waals surface area contributed by atoms with Gasteiger partial charge >= 0.3 is 0 Å². The van der Waals surface area contributed by atoms with E-state index in [1.807, 2.05) is 0 Å². The first-order chi connectivity index (χ1) is 18.2. The van der Waals surface area contributed by atoms with Crippen molar-refractivity contribution in [3.8, 4) is 0 Å². The van der Waals surface area contributed by atoms with Crippen LogP contribution in [0.25, 0.3) is 0 Å². The van der Waals surface area contributed by atoms with E-state index in [9.17, 15) is 15.0 Å². The Labute approximate surface area is 232 Å². The summed E-state index contributed by atoms with van der Waals surface area (Å²) in [5.74, 6) is 3.58. The lowest BCUT2D eigenvalue weighted by Gasteiger charge is -2.62. The molecule has 0 bridgehead atoms. The van der Waals surface area contributed by atoms with Gasteiger partial charge in [-0.25, -0.2) is 0 Å². The quantitative estimate of drug-likeness (QED) is 0.268. The van der Waals surface area contributed by atoms with E-state index in [4.69, 9.17) is 0 Å². The van der Waals surface area contributed by atoms with Crippen molar-refractivity contribution in [2.75, 3.05) is 13.1 Å². The summed E-state index contributed by atoms with van der Waals surface area (Å²) < 4.78 is 0. The van der Waals surface area contributed by atoms with Crippen molar-refractivity contribution in [2.24, 2.45) is 46.3 Å². The van der Waals surface area contributed by atoms with E-state index in [1.54, 1.807) is 0 Å². The van der Waals surface area contributed by atoms with Gasteiger partial charge in [-0.3, -0.25) is 4.79 Å². The standard InChI is InChI=1S/C33H58N2O3/c1-22(10-13-30(38)35-18-6-4-5-8-24-9-7-19-34-24)26-11-12-27-31-28(15-17-33(26,27)3)32(2)16-14-25(36)20-23(32)21-29(31)37/h22-29,31,34,36-37H,4-21H2,1-3H3,(H,35,38)/t22-,23+,24?,25-,26-,27+,28+,29+,31+,32+,33-/m1/s1. The second kappa shape index (κ2) is 12.1. The van der Waals surface area contributed by atoms with Gasteiger partial charge in [0.2, 0.25) is 5.91 Å². The second-order valence-electron chi connectivity index (χ2n) is 15.0. The molecule has 1 heterocycles. The predicted molar refractivity (Wildman–Crippen MR) is 154 cm³/mol. The van der Waals surface area contributed by atoms with Crippen LogP contribution in [0, 0.1) is 46.3 Å². The van der Waals surface area contributed by atoms with Crippen molar-refractivity contribution < 1.29 is 15.0 Å². The number of hydrogen-bond acceptors (Lipinski definition) is 4. The lowest BCUT2D eigenvalue weighted by molar-refractivity contribution is -0.174. The first-order valence-electron chi connectivity index (χ1n) is 16.6. The Hall–Kier alpha value is -0.650. The van der Waals surface area contributed by atoms with Crippen LogP contribution in [0.1, 0.15) is 124 Å². The largest absolute Gasteiger partial charge is 0.393 e. The number of nitrogens with one attached hydrogen (secondary N) is 2. The SMILES string of the molecule is C[C@H](CCC(=O)NCCCCCC1CCCN1)[C@H]1CC[C@H]2[C@@H]3[C@@H](O)C[C@@H]4C[C@H](O)CC[C@]4(C)[C@H]3CC[C@]12C. The molecule has 38 heavy (non-hydrogen) atoms. The summed E-state index contributed by atoms with van der Waals surface area (Å²) in [5, 5.41) is 28.6. The Bertz CT molecular complexity index is 799. The van der Waals surface area contributed by atoms with Crippen LogP contribution < -0.4 is 10.6 Å². The summed E-state index contributed by atoms with van der Waals surface area (Å²) in [6.07, 6.45) is 17.6. The number of aliphatic hydroxyl groups excluding tert-OH is 2. The van der Waals surface area contributed by atoms with Crippen molar-refractivity contribution in [3.63, 3.8) is 0 Å². The van der Waals surface area contributed by atoms with Crippen molar-refractivity contribution in [1.29, 1.82) is 0 Å². The zero-order chi connectivity index (χ0) is 26.9. The molecule has 0 radical (unpaired) electrons. The molecule has 1 aliphatic heterocycles. The summed E-state index contributed by atoms with van der Waals surface area (Å²) in [6.45, 7) is 9.44. The Morgan fingerprint density at radius 2 is 1.76 bits per heavy atom. The van der Waals surface area contributed by atoms with Gasteiger partial charge in [0.15, 0.2) is 0 Å². The van der Waals surface area contributed by atoms with Gasteiger partial charge in [-0.2, -0.15) is 0 Å². The highest BCUT2D eigenvalue weighted by Gasteiger charge is 2.62. The third-order valence-electron chi connectivity index (χ3n) is 13.0. The molecule has 5 fully saturated rings. The highest BCUT2D eigenvalue weighted by atomic mass is 16.3. The van der Waals surface area contributed by atoms with Gasteiger partial charge in [0, 0.05) is 19.0 Å². The lowest BCUT2D eigenvalue weighted by atomic mass is 9.43. The summed E-state index contributed by atoms with van der Waals surface area (Å²) >= 11 is 0. The zero-order valence-corrected chi connectivity index (χ0v) is 24.7. The van der Waals surface area contributed by atoms with Crippen LogP contribution >= 0.6 is 0 Å². The van der Waals surface area contributed by atoms with Gasteiger partial charge in [-0.15, -0.1) is 0 Å². The number of carbonyl (C=O) groups excluding carboxylic acids is 1. The maximum absolute atomic E-state index is 12.6. The second-order valence-corrected chi connectivity index (χ2v) is 15.0. The average molecular weight is 531 g/mol. The van der Waals surface area contributed by atoms with E-state index >= 15 is 0 Å². The molecule has 4 saturated carbocycles. The molecule has 5 aliphatic rings. The molecule has 0 aromatic carbocycles. The van der Waals surface area contributed by atoms with Gasteiger partial charge in [0.25, 0.3) is 0 Å². The zero-order valence-electron chi connectivity index (χ0n) is 24.7. The number of rotatable bonds is 10. The molecule has 5 rings (SSSR count). The number of aliphatic hydroxyl groups is 2. The third-order valence-corrected chi connectivity index (χ3v) is 13.0. The number of carbonyl (C=O) groups is 1. The molecule has 1 amide bonds. The molecule has 1 unspecified atom stereocenters. The fraction of sp³-hybridized carbons (Fsp3) is 0.970. The van der Waals surface area contributed by atoms with Crippen LogP contribution in [-0.2, 0) is 4.79 Å². The van der Waals surface area contributed by atoms with Gasteiger partial charge < -0.3 is 20.8 Å². The van der Waals surface area contributed by atoms with Crippen LogP contribution in [0.4, 0.5) is 0 Å². The Morgan fingerprint density at radius 3 is 2.55 bits per heavy atom. The third kappa shape index (κ3) is 5.73. The topological polar surface area (TPSA) is 81.6 Å². The lowest BCUT2D eigenvalue weighted by Crippen LogP contribution is -2.58. The first kappa shape index (κ1) is 28.9. The normalized spacial score (nSPS) is 45.2. The molecule has 4 aliphatic carbocycles. The minimum absolute atomic E-state index is 0.168. The minimum Gasteiger partial charge on any atom is -0.393 e. The molecule has 218 valence electrons. The van der Waals surface area contributed by atoms with E-state index in [0.29, 0.717) is 52.8 Å². The summed E-state index contributed by atoms with van der Waals surface area (Å²) in [5.41, 5.74) is 0.587. The molecular formula is C33H58N2O3. The van der Waals surface area contributed by atoms with E-state index in [-0.39, 0.29) is 18.1 Å². The van der Waals surface area contributed by atoms with Crippen molar-refractivity contribution in [3.05, 3.63) is 0 Å². The maximum Gasteiger partial charge on any atom is 0.220 e. The van der Waals surface area contributed by atoms with Crippen molar-refractivity contribution >= 4 is 5.91 Å².